The SMILES string of the molecule is CN(C(N)=O)C(c1ccccc1)n1c2c(c3cc(F)cc(F)c31)CCCC2CC(=O)O. The molecular weight excluding hydrogens is 404 g/mol. The van der Waals surface area contributed by atoms with Gasteiger partial charge in [0.25, 0.3) is 0 Å². The zero-order chi connectivity index (χ0) is 22.3. The lowest BCUT2D eigenvalue weighted by molar-refractivity contribution is -0.137. The second-order valence-corrected chi connectivity index (χ2v) is 7.94. The molecule has 0 radical (unpaired) electrons. The minimum atomic E-state index is -0.971. The Morgan fingerprint density at radius 2 is 1.97 bits per heavy atom. The van der Waals surface area contributed by atoms with Crippen molar-refractivity contribution < 1.29 is 23.5 Å². The Kier molecular flexibility index (Phi) is 5.39. The number of carbonyl (C=O) groups is 2. The monoisotopic (exact) mass is 427 g/mol. The first kappa shape index (κ1) is 20.8. The fraction of sp³-hybridized carbons (Fsp3) is 0.304. The van der Waals surface area contributed by atoms with E-state index in [0.717, 1.165) is 11.6 Å². The van der Waals surface area contributed by atoms with Crippen molar-refractivity contribution in [2.75, 3.05) is 7.05 Å². The molecule has 3 N–H and O–H groups in total. The number of nitrogens with zero attached hydrogens (tertiary/aromatic N) is 2. The Labute approximate surface area is 177 Å². The van der Waals surface area contributed by atoms with Gasteiger partial charge < -0.3 is 20.3 Å². The zero-order valence-corrected chi connectivity index (χ0v) is 17.0. The van der Waals surface area contributed by atoms with Crippen molar-refractivity contribution in [3.8, 4) is 0 Å². The first-order valence-corrected chi connectivity index (χ1v) is 10.1. The number of amides is 2. The summed E-state index contributed by atoms with van der Waals surface area (Å²) in [6.07, 6.45) is 0.916. The number of halogens is 2. The maximum Gasteiger partial charge on any atom is 0.316 e. The number of nitrogens with two attached hydrogens (primary N) is 1. The Balaban J connectivity index is 2.10. The zero-order valence-electron chi connectivity index (χ0n) is 17.0. The van der Waals surface area contributed by atoms with Crippen LogP contribution in [-0.4, -0.2) is 33.6 Å². The van der Waals surface area contributed by atoms with Crippen LogP contribution >= 0.6 is 0 Å². The van der Waals surface area contributed by atoms with E-state index in [1.807, 2.05) is 6.07 Å². The van der Waals surface area contributed by atoms with Gasteiger partial charge in [-0.2, -0.15) is 0 Å². The van der Waals surface area contributed by atoms with Gasteiger partial charge in [-0.25, -0.2) is 13.6 Å². The van der Waals surface area contributed by atoms with E-state index < -0.39 is 35.7 Å². The van der Waals surface area contributed by atoms with Crippen molar-refractivity contribution in [3.05, 3.63) is 70.9 Å². The van der Waals surface area contributed by atoms with Gasteiger partial charge in [0.05, 0.1) is 11.9 Å². The van der Waals surface area contributed by atoms with Crippen molar-refractivity contribution in [1.82, 2.24) is 9.47 Å². The van der Waals surface area contributed by atoms with Crippen LogP contribution in [0.2, 0.25) is 0 Å². The van der Waals surface area contributed by atoms with Crippen molar-refractivity contribution in [2.45, 2.75) is 37.8 Å². The normalized spacial score (nSPS) is 16.7. The number of aromatic nitrogens is 1. The van der Waals surface area contributed by atoms with E-state index in [2.05, 4.69) is 0 Å². The van der Waals surface area contributed by atoms with E-state index in [4.69, 9.17) is 5.73 Å². The maximum absolute atomic E-state index is 15.2. The van der Waals surface area contributed by atoms with Crippen molar-refractivity contribution in [1.29, 1.82) is 0 Å². The smallest absolute Gasteiger partial charge is 0.316 e. The van der Waals surface area contributed by atoms with Crippen LogP contribution in [0.3, 0.4) is 0 Å². The number of carboxylic acid groups (broad SMARTS) is 1. The standard InChI is InChI=1S/C23H23F2N3O3/c1-27(23(26)31)22(13-6-3-2-4-7-13)28-20-14(10-19(29)30)8-5-9-16(20)17-11-15(24)12-18(25)21(17)28/h2-4,6-7,11-12,14,22H,5,8-10H2,1H3,(H2,26,31)(H,29,30). The van der Waals surface area contributed by atoms with Crippen LogP contribution in [0.1, 0.15) is 48.2 Å². The van der Waals surface area contributed by atoms with E-state index in [-0.39, 0.29) is 11.9 Å². The number of rotatable bonds is 5. The minimum Gasteiger partial charge on any atom is -0.481 e. The third kappa shape index (κ3) is 3.62. The van der Waals surface area contributed by atoms with Gasteiger partial charge in [-0.3, -0.25) is 4.79 Å². The first-order chi connectivity index (χ1) is 14.8. The van der Waals surface area contributed by atoms with Crippen molar-refractivity contribution >= 4 is 22.9 Å². The van der Waals surface area contributed by atoms with Crippen LogP contribution in [-0.2, 0) is 11.2 Å². The molecule has 4 rings (SSSR count). The van der Waals surface area contributed by atoms with Gasteiger partial charge >= 0.3 is 12.0 Å². The molecule has 6 nitrogen and oxygen atoms in total. The topological polar surface area (TPSA) is 88.6 Å². The summed E-state index contributed by atoms with van der Waals surface area (Å²) < 4.78 is 31.0. The molecule has 0 saturated carbocycles. The van der Waals surface area contributed by atoms with Crippen LogP contribution in [0.4, 0.5) is 13.6 Å². The summed E-state index contributed by atoms with van der Waals surface area (Å²) in [6.45, 7) is 0. The van der Waals surface area contributed by atoms with Gasteiger partial charge in [-0.05, 0) is 36.5 Å². The van der Waals surface area contributed by atoms with E-state index in [9.17, 15) is 19.1 Å². The summed E-state index contributed by atoms with van der Waals surface area (Å²) in [5, 5.41) is 9.89. The predicted molar refractivity (Wildman–Crippen MR) is 112 cm³/mol. The minimum absolute atomic E-state index is 0.144. The number of urea groups is 1. The quantitative estimate of drug-likeness (QED) is 0.634. The fourth-order valence-corrected chi connectivity index (χ4v) is 4.77. The Hall–Kier alpha value is -3.42. The van der Waals surface area contributed by atoms with E-state index in [1.165, 1.54) is 18.0 Å². The number of primary amides is 1. The molecule has 0 bridgehead atoms. The molecule has 1 aromatic heterocycles. The number of aliphatic carboxylic acids is 1. The molecule has 162 valence electrons. The molecule has 2 unspecified atom stereocenters. The number of fused-ring (bicyclic) bond motifs is 3. The highest BCUT2D eigenvalue weighted by atomic mass is 19.1. The average molecular weight is 427 g/mol. The average Bonchev–Trinajstić information content (AvgIpc) is 3.04. The highest BCUT2D eigenvalue weighted by Gasteiger charge is 2.35. The molecule has 0 saturated heterocycles. The first-order valence-electron chi connectivity index (χ1n) is 10.1. The van der Waals surface area contributed by atoms with Crippen LogP contribution < -0.4 is 5.73 Å². The molecule has 1 aliphatic carbocycles. The van der Waals surface area contributed by atoms with Gasteiger partial charge in [-0.1, -0.05) is 30.3 Å². The number of aryl methyl sites for hydroxylation is 1. The van der Waals surface area contributed by atoms with Gasteiger partial charge in [0.15, 0.2) is 0 Å². The van der Waals surface area contributed by atoms with Gasteiger partial charge in [-0.15, -0.1) is 0 Å². The van der Waals surface area contributed by atoms with Gasteiger partial charge in [0.1, 0.15) is 17.8 Å². The Morgan fingerprint density at radius 3 is 2.61 bits per heavy atom. The highest BCUT2D eigenvalue weighted by Crippen LogP contribution is 2.44. The highest BCUT2D eigenvalue weighted by molar-refractivity contribution is 5.88. The van der Waals surface area contributed by atoms with E-state index in [0.29, 0.717) is 35.9 Å². The summed E-state index contributed by atoms with van der Waals surface area (Å²) in [7, 11) is 1.51. The second-order valence-electron chi connectivity index (χ2n) is 7.94. The molecule has 2 aromatic carbocycles. The van der Waals surface area contributed by atoms with E-state index in [1.54, 1.807) is 28.8 Å². The van der Waals surface area contributed by atoms with Crippen molar-refractivity contribution in [2.24, 2.45) is 5.73 Å². The number of carboxylic acids is 1. The molecule has 2 atom stereocenters. The molecule has 1 aliphatic rings. The molecule has 2 amide bonds. The number of benzene rings is 2. The number of hydrogen-bond acceptors (Lipinski definition) is 2. The summed E-state index contributed by atoms with van der Waals surface area (Å²) >= 11 is 0. The molecule has 0 spiro atoms. The third-order valence-electron chi connectivity index (χ3n) is 6.01. The molecule has 0 aliphatic heterocycles. The van der Waals surface area contributed by atoms with Crippen LogP contribution in [0.5, 0.6) is 0 Å². The van der Waals surface area contributed by atoms with Gasteiger partial charge in [0, 0.05) is 30.1 Å². The fourth-order valence-electron chi connectivity index (χ4n) is 4.77. The Morgan fingerprint density at radius 1 is 1.26 bits per heavy atom. The third-order valence-corrected chi connectivity index (χ3v) is 6.01. The number of hydrogen-bond donors (Lipinski definition) is 2. The largest absolute Gasteiger partial charge is 0.481 e. The summed E-state index contributed by atoms with van der Waals surface area (Å²) in [6, 6.07) is 10.3. The molecule has 0 fully saturated rings. The van der Waals surface area contributed by atoms with Crippen LogP contribution in [0.15, 0.2) is 42.5 Å². The lowest BCUT2D eigenvalue weighted by Gasteiger charge is -2.34. The number of carbonyl (C=O) groups excluding carboxylic acids is 1. The van der Waals surface area contributed by atoms with Crippen molar-refractivity contribution in [3.63, 3.8) is 0 Å². The van der Waals surface area contributed by atoms with Crippen LogP contribution in [0.25, 0.3) is 10.9 Å². The van der Waals surface area contributed by atoms with E-state index >= 15 is 4.39 Å². The summed E-state index contributed by atoms with van der Waals surface area (Å²) in [5.41, 5.74) is 7.77. The molecular formula is C23H23F2N3O3. The molecule has 8 heteroatoms. The van der Waals surface area contributed by atoms with Crippen LogP contribution in [0, 0.1) is 11.6 Å². The lowest BCUT2D eigenvalue weighted by Crippen LogP contribution is -2.40. The predicted octanol–water partition coefficient (Wildman–Crippen LogP) is 4.37. The maximum atomic E-state index is 15.2. The molecule has 3 aromatic rings. The summed E-state index contributed by atoms with van der Waals surface area (Å²) in [5.74, 6) is -2.84. The molecule has 1 heterocycles. The Bertz CT molecular complexity index is 1160. The molecule has 31 heavy (non-hydrogen) atoms. The lowest BCUT2D eigenvalue weighted by atomic mass is 9.84. The second kappa shape index (κ2) is 8.02. The van der Waals surface area contributed by atoms with Gasteiger partial charge in [0.2, 0.25) is 0 Å². The summed E-state index contributed by atoms with van der Waals surface area (Å²) in [4.78, 5) is 25.1.